The van der Waals surface area contributed by atoms with Crippen LogP contribution >= 0.6 is 0 Å². The molecule has 1 aliphatic heterocycles. The first-order valence-corrected chi connectivity index (χ1v) is 4.49. The third-order valence-electron chi connectivity index (χ3n) is 2.34. The zero-order valence-electron chi connectivity index (χ0n) is 8.69. The number of alkyl halides is 3. The van der Waals surface area contributed by atoms with Gasteiger partial charge in [0.2, 0.25) is 5.91 Å². The molecule has 1 N–H and O–H groups in total. The summed E-state index contributed by atoms with van der Waals surface area (Å²) in [6.07, 6.45) is -5.19. The standard InChI is InChI=1S/C8H9F3N2O4/c1-12-2-4(6(15)16)13(3-5(12)14)7(17)8(9,10)11/h4H,2-3H2,1H3,(H,15,16). The normalized spacial score (nSPS) is 21.6. The summed E-state index contributed by atoms with van der Waals surface area (Å²) < 4.78 is 36.6. The Hall–Kier alpha value is -1.80. The van der Waals surface area contributed by atoms with Gasteiger partial charge in [-0.25, -0.2) is 4.79 Å². The zero-order valence-corrected chi connectivity index (χ0v) is 8.69. The lowest BCUT2D eigenvalue weighted by Crippen LogP contribution is -2.61. The number of hydrogen-bond donors (Lipinski definition) is 1. The molecule has 1 saturated heterocycles. The SMILES string of the molecule is CN1CC(C(=O)O)N(C(=O)C(F)(F)F)CC1=O. The van der Waals surface area contributed by atoms with Gasteiger partial charge in [0.1, 0.15) is 12.6 Å². The van der Waals surface area contributed by atoms with Crippen LogP contribution in [0.1, 0.15) is 0 Å². The highest BCUT2D eigenvalue weighted by Crippen LogP contribution is 2.22. The fourth-order valence-electron chi connectivity index (χ4n) is 1.42. The number of aliphatic carboxylic acids is 1. The van der Waals surface area contributed by atoms with Crippen molar-refractivity contribution in [3.05, 3.63) is 0 Å². The number of halogens is 3. The molecule has 0 aromatic carbocycles. The Bertz CT molecular complexity index is 368. The Kier molecular flexibility index (Phi) is 3.30. The molecule has 9 heteroatoms. The van der Waals surface area contributed by atoms with Crippen molar-refractivity contribution in [2.24, 2.45) is 0 Å². The molecule has 1 rings (SSSR count). The van der Waals surface area contributed by atoms with E-state index >= 15 is 0 Å². The lowest BCUT2D eigenvalue weighted by atomic mass is 10.1. The molecule has 0 radical (unpaired) electrons. The monoisotopic (exact) mass is 254 g/mol. The van der Waals surface area contributed by atoms with Gasteiger partial charge in [-0.2, -0.15) is 13.2 Å². The lowest BCUT2D eigenvalue weighted by molar-refractivity contribution is -0.193. The summed E-state index contributed by atoms with van der Waals surface area (Å²) in [6.45, 7) is -1.35. The van der Waals surface area contributed by atoms with Crippen molar-refractivity contribution >= 4 is 17.8 Å². The van der Waals surface area contributed by atoms with Gasteiger partial charge >= 0.3 is 18.1 Å². The molecule has 6 nitrogen and oxygen atoms in total. The second kappa shape index (κ2) is 4.22. The molecule has 0 aromatic rings. The van der Waals surface area contributed by atoms with E-state index < -0.39 is 43.1 Å². The fourth-order valence-corrected chi connectivity index (χ4v) is 1.42. The predicted molar refractivity (Wildman–Crippen MR) is 46.8 cm³/mol. The number of hydrogen-bond acceptors (Lipinski definition) is 3. The van der Waals surface area contributed by atoms with Gasteiger partial charge in [-0.15, -0.1) is 0 Å². The van der Waals surface area contributed by atoms with Crippen molar-refractivity contribution in [2.75, 3.05) is 20.1 Å². The Morgan fingerprint density at radius 3 is 2.35 bits per heavy atom. The first-order chi connectivity index (χ1) is 7.64. The Balaban J connectivity index is 2.98. The molecule has 0 aromatic heterocycles. The van der Waals surface area contributed by atoms with Gasteiger partial charge in [0.25, 0.3) is 0 Å². The first-order valence-electron chi connectivity index (χ1n) is 4.49. The lowest BCUT2D eigenvalue weighted by Gasteiger charge is -2.37. The molecular formula is C8H9F3N2O4. The van der Waals surface area contributed by atoms with E-state index in [4.69, 9.17) is 5.11 Å². The van der Waals surface area contributed by atoms with Crippen molar-refractivity contribution in [3.63, 3.8) is 0 Å². The largest absolute Gasteiger partial charge is 0.480 e. The van der Waals surface area contributed by atoms with Crippen molar-refractivity contribution in [2.45, 2.75) is 12.2 Å². The van der Waals surface area contributed by atoms with Crippen LogP contribution < -0.4 is 0 Å². The van der Waals surface area contributed by atoms with Crippen LogP contribution in [0.3, 0.4) is 0 Å². The number of carbonyl (C=O) groups excluding carboxylic acids is 2. The molecular weight excluding hydrogens is 245 g/mol. The van der Waals surface area contributed by atoms with E-state index in [1.165, 1.54) is 7.05 Å². The quantitative estimate of drug-likeness (QED) is 0.671. The first kappa shape index (κ1) is 13.3. The predicted octanol–water partition coefficient (Wildman–Crippen LogP) is -0.698. The van der Waals surface area contributed by atoms with Gasteiger partial charge in [-0.05, 0) is 0 Å². The number of carboxylic acid groups (broad SMARTS) is 1. The Morgan fingerprint density at radius 2 is 1.94 bits per heavy atom. The molecule has 0 aliphatic carbocycles. The maximum absolute atomic E-state index is 12.2. The van der Waals surface area contributed by atoms with Crippen LogP contribution in [0.5, 0.6) is 0 Å². The van der Waals surface area contributed by atoms with Gasteiger partial charge in [-0.3, -0.25) is 9.59 Å². The second-order valence-corrected chi connectivity index (χ2v) is 3.56. The number of likely N-dealkylation sites (N-methyl/N-ethyl adjacent to an activating group) is 1. The maximum atomic E-state index is 12.2. The fraction of sp³-hybridized carbons (Fsp3) is 0.625. The van der Waals surface area contributed by atoms with Crippen LogP contribution in [0.2, 0.25) is 0 Å². The number of carbonyl (C=O) groups is 3. The van der Waals surface area contributed by atoms with Gasteiger partial charge in [-0.1, -0.05) is 0 Å². The zero-order chi connectivity index (χ0) is 13.4. The summed E-state index contributed by atoms with van der Waals surface area (Å²) in [4.78, 5) is 33.9. The molecule has 2 amide bonds. The average Bonchev–Trinajstić information content (AvgIpc) is 2.18. The van der Waals surface area contributed by atoms with Crippen molar-refractivity contribution in [1.82, 2.24) is 9.80 Å². The molecule has 96 valence electrons. The van der Waals surface area contributed by atoms with Crippen LogP contribution in [0, 0.1) is 0 Å². The summed E-state index contributed by atoms with van der Waals surface area (Å²) in [7, 11) is 1.26. The summed E-state index contributed by atoms with van der Waals surface area (Å²) in [5, 5.41) is 8.73. The minimum atomic E-state index is -5.19. The van der Waals surface area contributed by atoms with Crippen LogP contribution in [0.15, 0.2) is 0 Å². The van der Waals surface area contributed by atoms with E-state index in [9.17, 15) is 27.6 Å². The summed E-state index contributed by atoms with van der Waals surface area (Å²) >= 11 is 0. The highest BCUT2D eigenvalue weighted by molar-refractivity contribution is 5.93. The summed E-state index contributed by atoms with van der Waals surface area (Å²) in [5.74, 6) is -4.63. The van der Waals surface area contributed by atoms with Crippen LogP contribution in [-0.4, -0.2) is 65.0 Å². The van der Waals surface area contributed by atoms with Crippen molar-refractivity contribution in [3.8, 4) is 0 Å². The molecule has 0 spiro atoms. The third-order valence-corrected chi connectivity index (χ3v) is 2.34. The minimum absolute atomic E-state index is 0.0324. The smallest absolute Gasteiger partial charge is 0.471 e. The van der Waals surface area contributed by atoms with Gasteiger partial charge in [0.05, 0.1) is 6.54 Å². The number of rotatable bonds is 1. The van der Waals surface area contributed by atoms with Crippen molar-refractivity contribution < 1.29 is 32.7 Å². The Morgan fingerprint density at radius 1 is 1.41 bits per heavy atom. The van der Waals surface area contributed by atoms with E-state index in [0.717, 1.165) is 4.90 Å². The highest BCUT2D eigenvalue weighted by atomic mass is 19.4. The molecule has 1 fully saturated rings. The molecule has 1 aliphatic rings. The average molecular weight is 254 g/mol. The number of amides is 2. The van der Waals surface area contributed by atoms with E-state index in [-0.39, 0.29) is 4.90 Å². The Labute approximate surface area is 93.6 Å². The van der Waals surface area contributed by atoms with Gasteiger partial charge < -0.3 is 14.9 Å². The topological polar surface area (TPSA) is 77.9 Å². The summed E-state index contributed by atoms with van der Waals surface area (Å²) in [5.41, 5.74) is 0. The molecule has 1 unspecified atom stereocenters. The van der Waals surface area contributed by atoms with Crippen LogP contribution in [-0.2, 0) is 14.4 Å². The van der Waals surface area contributed by atoms with E-state index in [1.807, 2.05) is 0 Å². The summed E-state index contributed by atoms with van der Waals surface area (Å²) in [6, 6.07) is -1.67. The molecule has 1 atom stereocenters. The van der Waals surface area contributed by atoms with Gasteiger partial charge in [0, 0.05) is 7.05 Å². The molecule has 17 heavy (non-hydrogen) atoms. The van der Waals surface area contributed by atoms with Crippen molar-refractivity contribution in [1.29, 1.82) is 0 Å². The van der Waals surface area contributed by atoms with E-state index in [1.54, 1.807) is 0 Å². The highest BCUT2D eigenvalue weighted by Gasteiger charge is 2.49. The van der Waals surface area contributed by atoms with E-state index in [2.05, 4.69) is 0 Å². The number of piperazine rings is 1. The third kappa shape index (κ3) is 2.66. The number of nitrogens with zero attached hydrogens (tertiary/aromatic N) is 2. The van der Waals surface area contributed by atoms with Crippen LogP contribution in [0.4, 0.5) is 13.2 Å². The second-order valence-electron chi connectivity index (χ2n) is 3.56. The van der Waals surface area contributed by atoms with Crippen LogP contribution in [0.25, 0.3) is 0 Å². The molecule has 1 heterocycles. The van der Waals surface area contributed by atoms with E-state index in [0.29, 0.717) is 0 Å². The number of carboxylic acids is 1. The molecule has 0 saturated carbocycles. The minimum Gasteiger partial charge on any atom is -0.480 e. The maximum Gasteiger partial charge on any atom is 0.471 e. The molecule has 0 bridgehead atoms. The van der Waals surface area contributed by atoms with Gasteiger partial charge in [0.15, 0.2) is 0 Å².